The van der Waals surface area contributed by atoms with Crippen LogP contribution in [0.25, 0.3) is 122 Å². The van der Waals surface area contributed by atoms with Crippen LogP contribution in [0.4, 0.5) is 0 Å². The molecule has 13 aromatic rings. The molecule has 13 rings (SSSR count). The van der Waals surface area contributed by atoms with Crippen LogP contribution in [-0.2, 0) is 0 Å². The molecular weight excluding hydrogens is 767 g/mol. The molecule has 0 radical (unpaired) electrons. The molecule has 0 atom stereocenters. The summed E-state index contributed by atoms with van der Waals surface area (Å²) >= 11 is 0. The number of fused-ring (bicyclic) bond motifs is 9. The number of hydrogen-bond acceptors (Lipinski definition) is 2. The summed E-state index contributed by atoms with van der Waals surface area (Å²) in [6.07, 6.45) is 0. The van der Waals surface area contributed by atoms with Crippen LogP contribution in [-0.4, -0.2) is 14.1 Å². The normalized spacial score (nSPS) is 11.8. The molecule has 4 nitrogen and oxygen atoms in total. The predicted molar refractivity (Wildman–Crippen MR) is 262 cm³/mol. The highest BCUT2D eigenvalue weighted by atomic mass is 16.3. The lowest BCUT2D eigenvalue weighted by atomic mass is 9.98. The van der Waals surface area contributed by atoms with Crippen molar-refractivity contribution in [2.75, 3.05) is 0 Å². The number of rotatable bonds is 6. The zero-order chi connectivity index (χ0) is 41.4. The average Bonchev–Trinajstić information content (AvgIpc) is 4.01. The highest BCUT2D eigenvalue weighted by molar-refractivity contribution is 6.14. The van der Waals surface area contributed by atoms with E-state index < -0.39 is 0 Å². The number of benzene rings is 9. The molecule has 294 valence electrons. The van der Waals surface area contributed by atoms with Gasteiger partial charge in [0.1, 0.15) is 17.0 Å². The van der Waals surface area contributed by atoms with Crippen LogP contribution in [0.1, 0.15) is 0 Å². The number of para-hydroxylation sites is 3. The van der Waals surface area contributed by atoms with E-state index in [4.69, 9.17) is 9.40 Å². The molecule has 0 aliphatic carbocycles. The number of hydrogen-bond donors (Lipinski definition) is 0. The Kier molecular flexibility index (Phi) is 7.87. The van der Waals surface area contributed by atoms with E-state index in [1.807, 2.05) is 12.1 Å². The van der Waals surface area contributed by atoms with Crippen molar-refractivity contribution in [3.05, 3.63) is 224 Å². The van der Waals surface area contributed by atoms with Gasteiger partial charge in [0, 0.05) is 43.6 Å². The van der Waals surface area contributed by atoms with E-state index in [1.54, 1.807) is 0 Å². The Bertz CT molecular complexity index is 3840. The van der Waals surface area contributed by atoms with Crippen molar-refractivity contribution in [3.63, 3.8) is 0 Å². The molecule has 0 unspecified atom stereocenters. The molecular formula is C59H37N3O. The molecule has 0 fully saturated rings. The summed E-state index contributed by atoms with van der Waals surface area (Å²) in [7, 11) is 0. The minimum Gasteiger partial charge on any atom is -0.456 e. The van der Waals surface area contributed by atoms with Crippen molar-refractivity contribution in [2.24, 2.45) is 0 Å². The van der Waals surface area contributed by atoms with E-state index in [9.17, 15) is 0 Å². The molecule has 0 bridgehead atoms. The first kappa shape index (κ1) is 35.3. The monoisotopic (exact) mass is 803 g/mol. The number of nitrogens with zero attached hydrogens (tertiary/aromatic N) is 3. The highest BCUT2D eigenvalue weighted by Gasteiger charge is 2.19. The van der Waals surface area contributed by atoms with Gasteiger partial charge in [0.15, 0.2) is 0 Å². The number of furan rings is 1. The molecule has 0 saturated carbocycles. The Morgan fingerprint density at radius 1 is 0.286 bits per heavy atom. The maximum absolute atomic E-state index is 6.22. The third kappa shape index (κ3) is 5.73. The summed E-state index contributed by atoms with van der Waals surface area (Å²) < 4.78 is 10.9. The summed E-state index contributed by atoms with van der Waals surface area (Å²) in [5, 5.41) is 7.04. The Labute approximate surface area is 363 Å². The van der Waals surface area contributed by atoms with Crippen LogP contribution in [0.2, 0.25) is 0 Å². The van der Waals surface area contributed by atoms with Crippen LogP contribution in [0.5, 0.6) is 0 Å². The van der Waals surface area contributed by atoms with Crippen molar-refractivity contribution >= 4 is 65.6 Å². The van der Waals surface area contributed by atoms with Gasteiger partial charge in [-0.3, -0.25) is 4.57 Å². The van der Waals surface area contributed by atoms with Crippen molar-refractivity contribution in [1.82, 2.24) is 14.1 Å². The van der Waals surface area contributed by atoms with Crippen molar-refractivity contribution < 1.29 is 4.42 Å². The van der Waals surface area contributed by atoms with Gasteiger partial charge >= 0.3 is 0 Å². The second kappa shape index (κ2) is 14.1. The van der Waals surface area contributed by atoms with Gasteiger partial charge in [-0.25, -0.2) is 4.98 Å². The molecule has 0 saturated heterocycles. The van der Waals surface area contributed by atoms with Crippen LogP contribution in [0.15, 0.2) is 229 Å². The molecule has 0 spiro atoms. The minimum atomic E-state index is 0.872. The fourth-order valence-electron chi connectivity index (χ4n) is 9.73. The van der Waals surface area contributed by atoms with E-state index >= 15 is 0 Å². The second-order valence-electron chi connectivity index (χ2n) is 16.4. The second-order valence-corrected chi connectivity index (χ2v) is 16.4. The molecule has 0 N–H and O–H groups in total. The topological polar surface area (TPSA) is 35.9 Å². The molecule has 0 aliphatic heterocycles. The van der Waals surface area contributed by atoms with Gasteiger partial charge in [-0.2, -0.15) is 0 Å². The predicted octanol–water partition coefficient (Wildman–Crippen LogP) is 15.8. The van der Waals surface area contributed by atoms with Gasteiger partial charge in [0.05, 0.1) is 27.8 Å². The lowest BCUT2D eigenvalue weighted by Crippen LogP contribution is -2.00. The third-order valence-electron chi connectivity index (χ3n) is 12.7. The minimum absolute atomic E-state index is 0.872. The Balaban J connectivity index is 1.05. The largest absolute Gasteiger partial charge is 0.456 e. The zero-order valence-corrected chi connectivity index (χ0v) is 34.1. The Morgan fingerprint density at radius 2 is 0.762 bits per heavy atom. The van der Waals surface area contributed by atoms with E-state index in [1.165, 1.54) is 32.8 Å². The van der Waals surface area contributed by atoms with Crippen LogP contribution in [0, 0.1) is 0 Å². The van der Waals surface area contributed by atoms with Crippen molar-refractivity contribution in [1.29, 1.82) is 0 Å². The maximum Gasteiger partial charge on any atom is 0.138 e. The highest BCUT2D eigenvalue weighted by Crippen LogP contribution is 2.41. The van der Waals surface area contributed by atoms with E-state index in [0.29, 0.717) is 0 Å². The van der Waals surface area contributed by atoms with E-state index in [2.05, 4.69) is 221 Å². The number of aromatic nitrogens is 3. The van der Waals surface area contributed by atoms with Crippen LogP contribution < -0.4 is 0 Å². The standard InChI is InChI=1S/C59H37N3O/c1-4-14-38(15-5-1)44-36-52(39-16-6-2-7-17-39)60-59(37-44)62-55-29-25-41(40-24-28-54-48(32-40)46-20-10-12-22-53(46)61(54)45-18-8-3-9-19-45)33-49(55)50-34-42(26-30-56(50)62)43-27-31-58-51(35-43)47-21-11-13-23-57(47)63-58/h1-37H. The maximum atomic E-state index is 6.22. The molecule has 9 aromatic carbocycles. The SMILES string of the molecule is c1ccc(-c2cc(-c3ccccc3)nc(-n3c4ccc(-c5ccc6oc7ccccc7c6c5)cc4c4cc(-c5ccc6c(c5)c5ccccc5n6-c5ccccc5)ccc43)c2)cc1. The Morgan fingerprint density at radius 3 is 1.43 bits per heavy atom. The van der Waals surface area contributed by atoms with Crippen molar-refractivity contribution in [3.8, 4) is 56.1 Å². The first-order chi connectivity index (χ1) is 31.2. The molecule has 63 heavy (non-hydrogen) atoms. The third-order valence-corrected chi connectivity index (χ3v) is 12.7. The van der Waals surface area contributed by atoms with E-state index in [-0.39, 0.29) is 0 Å². The first-order valence-electron chi connectivity index (χ1n) is 21.4. The van der Waals surface area contributed by atoms with Gasteiger partial charge < -0.3 is 8.98 Å². The average molecular weight is 804 g/mol. The summed E-state index contributed by atoms with van der Waals surface area (Å²) in [6.45, 7) is 0. The van der Waals surface area contributed by atoms with Crippen molar-refractivity contribution in [2.45, 2.75) is 0 Å². The summed E-state index contributed by atoms with van der Waals surface area (Å²) in [6, 6.07) is 80.5. The molecule has 0 amide bonds. The summed E-state index contributed by atoms with van der Waals surface area (Å²) in [4.78, 5) is 5.43. The molecule has 4 heteroatoms. The Hall–Kier alpha value is -8.47. The fraction of sp³-hybridized carbons (Fsp3) is 0. The van der Waals surface area contributed by atoms with Crippen LogP contribution in [0.3, 0.4) is 0 Å². The smallest absolute Gasteiger partial charge is 0.138 e. The fourth-order valence-corrected chi connectivity index (χ4v) is 9.73. The zero-order valence-electron chi connectivity index (χ0n) is 34.1. The van der Waals surface area contributed by atoms with Crippen LogP contribution >= 0.6 is 0 Å². The number of pyridine rings is 1. The van der Waals surface area contributed by atoms with E-state index in [0.717, 1.165) is 88.9 Å². The van der Waals surface area contributed by atoms with Gasteiger partial charge in [0.2, 0.25) is 0 Å². The molecule has 4 heterocycles. The molecule has 4 aromatic heterocycles. The first-order valence-corrected chi connectivity index (χ1v) is 21.4. The lowest BCUT2D eigenvalue weighted by molar-refractivity contribution is 0.669. The van der Waals surface area contributed by atoms with Gasteiger partial charge in [-0.1, -0.05) is 140 Å². The van der Waals surface area contributed by atoms with Gasteiger partial charge in [-0.15, -0.1) is 0 Å². The van der Waals surface area contributed by atoms with Gasteiger partial charge in [0.25, 0.3) is 0 Å². The molecule has 0 aliphatic rings. The van der Waals surface area contributed by atoms with Gasteiger partial charge in [-0.05, 0) is 118 Å². The quantitative estimate of drug-likeness (QED) is 0.168. The summed E-state index contributed by atoms with van der Waals surface area (Å²) in [5.74, 6) is 0.872. The lowest BCUT2D eigenvalue weighted by Gasteiger charge is -2.13. The summed E-state index contributed by atoms with van der Waals surface area (Å²) in [5.41, 5.74) is 16.4.